The van der Waals surface area contributed by atoms with E-state index in [0.29, 0.717) is 25.9 Å². The van der Waals surface area contributed by atoms with Gasteiger partial charge in [0.2, 0.25) is 11.8 Å². The summed E-state index contributed by atoms with van der Waals surface area (Å²) in [7, 11) is 1.63. The SMILES string of the molecule is CCCCNC(=O)C(c1ccccc1)N(Cc1ccc(OC)cc1)C(=O)CCc1ccccc1. The summed E-state index contributed by atoms with van der Waals surface area (Å²) in [6.07, 6.45) is 2.83. The van der Waals surface area contributed by atoms with Crippen LogP contribution in [0.1, 0.15) is 48.9 Å². The number of methoxy groups -OCH3 is 1. The highest BCUT2D eigenvalue weighted by molar-refractivity contribution is 5.88. The molecule has 2 amide bonds. The second kappa shape index (κ2) is 13.2. The number of benzene rings is 3. The molecule has 1 N–H and O–H groups in total. The molecule has 0 spiro atoms. The van der Waals surface area contributed by atoms with Gasteiger partial charge in [-0.3, -0.25) is 9.59 Å². The topological polar surface area (TPSA) is 58.6 Å². The molecule has 0 aliphatic heterocycles. The van der Waals surface area contributed by atoms with Crippen molar-refractivity contribution >= 4 is 11.8 Å². The molecule has 3 aromatic rings. The van der Waals surface area contributed by atoms with E-state index in [1.165, 1.54) is 0 Å². The van der Waals surface area contributed by atoms with E-state index in [2.05, 4.69) is 12.2 Å². The number of nitrogens with zero attached hydrogens (tertiary/aromatic N) is 1. The fourth-order valence-electron chi connectivity index (χ4n) is 3.88. The Morgan fingerprint density at radius 2 is 1.53 bits per heavy atom. The van der Waals surface area contributed by atoms with Crippen molar-refractivity contribution in [1.82, 2.24) is 10.2 Å². The molecule has 1 atom stereocenters. The van der Waals surface area contributed by atoms with Crippen LogP contribution in [0.3, 0.4) is 0 Å². The monoisotopic (exact) mass is 458 g/mol. The Bertz CT molecular complexity index is 1020. The van der Waals surface area contributed by atoms with Crippen LogP contribution in [0.25, 0.3) is 0 Å². The van der Waals surface area contributed by atoms with Gasteiger partial charge in [-0.25, -0.2) is 0 Å². The third kappa shape index (κ3) is 7.20. The normalized spacial score (nSPS) is 11.5. The van der Waals surface area contributed by atoms with Crippen molar-refractivity contribution in [3.05, 3.63) is 102 Å². The Kier molecular flexibility index (Phi) is 9.71. The maximum Gasteiger partial charge on any atom is 0.247 e. The number of nitrogens with one attached hydrogen (secondary N) is 1. The fourth-order valence-corrected chi connectivity index (χ4v) is 3.88. The van der Waals surface area contributed by atoms with Crippen LogP contribution in [0.5, 0.6) is 5.75 Å². The molecule has 0 heterocycles. The van der Waals surface area contributed by atoms with Crippen LogP contribution in [0.2, 0.25) is 0 Å². The third-order valence-corrected chi connectivity index (χ3v) is 5.81. The predicted molar refractivity (Wildman–Crippen MR) is 135 cm³/mol. The Balaban J connectivity index is 1.90. The fraction of sp³-hybridized carbons (Fsp3) is 0.310. The molecule has 0 aliphatic rings. The maximum absolute atomic E-state index is 13.6. The molecule has 3 rings (SSSR count). The highest BCUT2D eigenvalue weighted by atomic mass is 16.5. The molecule has 178 valence electrons. The lowest BCUT2D eigenvalue weighted by Crippen LogP contribution is -2.43. The molecule has 0 saturated heterocycles. The van der Waals surface area contributed by atoms with Crippen molar-refractivity contribution in [2.24, 2.45) is 0 Å². The van der Waals surface area contributed by atoms with E-state index in [1.807, 2.05) is 84.9 Å². The van der Waals surface area contributed by atoms with E-state index < -0.39 is 6.04 Å². The molecular weight excluding hydrogens is 424 g/mol. The summed E-state index contributed by atoms with van der Waals surface area (Å²) in [6, 6.07) is 26.4. The number of hydrogen-bond acceptors (Lipinski definition) is 3. The van der Waals surface area contributed by atoms with Crippen LogP contribution in [-0.2, 0) is 22.6 Å². The first-order valence-corrected chi connectivity index (χ1v) is 11.9. The van der Waals surface area contributed by atoms with E-state index in [-0.39, 0.29) is 11.8 Å². The first-order valence-electron chi connectivity index (χ1n) is 11.9. The lowest BCUT2D eigenvalue weighted by atomic mass is 10.0. The van der Waals surface area contributed by atoms with Crippen LogP contribution >= 0.6 is 0 Å². The standard InChI is InChI=1S/C29H34N2O3/c1-3-4-21-30-29(33)28(25-13-9-6-10-14-25)31(22-24-15-18-26(34-2)19-16-24)27(32)20-17-23-11-7-5-8-12-23/h5-16,18-19,28H,3-4,17,20-22H2,1-2H3,(H,30,33). The number of amides is 2. The van der Waals surface area contributed by atoms with Gasteiger partial charge in [-0.1, -0.05) is 86.1 Å². The predicted octanol–water partition coefficient (Wildman–Crippen LogP) is 5.31. The Morgan fingerprint density at radius 1 is 0.882 bits per heavy atom. The molecule has 3 aromatic carbocycles. The largest absolute Gasteiger partial charge is 0.497 e. The number of carbonyl (C=O) groups is 2. The van der Waals surface area contributed by atoms with E-state index in [4.69, 9.17) is 4.74 Å². The number of rotatable bonds is 12. The van der Waals surface area contributed by atoms with Gasteiger partial charge in [0.25, 0.3) is 0 Å². The highest BCUT2D eigenvalue weighted by Crippen LogP contribution is 2.26. The summed E-state index contributed by atoms with van der Waals surface area (Å²) >= 11 is 0. The van der Waals surface area contributed by atoms with Gasteiger partial charge >= 0.3 is 0 Å². The molecule has 34 heavy (non-hydrogen) atoms. The number of aryl methyl sites for hydroxylation is 1. The Labute approximate surface area is 202 Å². The molecule has 5 nitrogen and oxygen atoms in total. The maximum atomic E-state index is 13.6. The summed E-state index contributed by atoms with van der Waals surface area (Å²) in [4.78, 5) is 28.7. The van der Waals surface area contributed by atoms with Crippen LogP contribution < -0.4 is 10.1 Å². The van der Waals surface area contributed by atoms with Crippen molar-refractivity contribution in [2.75, 3.05) is 13.7 Å². The van der Waals surface area contributed by atoms with E-state index in [9.17, 15) is 9.59 Å². The van der Waals surface area contributed by atoms with Crippen molar-refractivity contribution in [3.63, 3.8) is 0 Å². The van der Waals surface area contributed by atoms with Gasteiger partial charge in [0.15, 0.2) is 0 Å². The lowest BCUT2D eigenvalue weighted by molar-refractivity contribution is -0.141. The van der Waals surface area contributed by atoms with Crippen molar-refractivity contribution in [2.45, 2.75) is 45.2 Å². The van der Waals surface area contributed by atoms with Gasteiger partial charge in [0.05, 0.1) is 7.11 Å². The summed E-state index contributed by atoms with van der Waals surface area (Å²) in [5, 5.41) is 3.04. The van der Waals surface area contributed by atoms with Gasteiger partial charge < -0.3 is 15.0 Å². The lowest BCUT2D eigenvalue weighted by Gasteiger charge is -2.32. The van der Waals surface area contributed by atoms with Crippen LogP contribution in [0.4, 0.5) is 0 Å². The molecular formula is C29H34N2O3. The molecule has 0 fully saturated rings. The minimum Gasteiger partial charge on any atom is -0.497 e. The van der Waals surface area contributed by atoms with Crippen LogP contribution in [0.15, 0.2) is 84.9 Å². The van der Waals surface area contributed by atoms with Crippen LogP contribution in [-0.4, -0.2) is 30.4 Å². The molecule has 0 aromatic heterocycles. The van der Waals surface area contributed by atoms with Crippen molar-refractivity contribution in [3.8, 4) is 5.75 Å². The summed E-state index contributed by atoms with van der Waals surface area (Å²) in [5.41, 5.74) is 2.85. The van der Waals surface area contributed by atoms with Crippen molar-refractivity contribution in [1.29, 1.82) is 0 Å². The summed E-state index contributed by atoms with van der Waals surface area (Å²) < 4.78 is 5.27. The average Bonchev–Trinajstić information content (AvgIpc) is 2.88. The first kappa shape index (κ1) is 25.0. The quantitative estimate of drug-likeness (QED) is 0.374. The highest BCUT2D eigenvalue weighted by Gasteiger charge is 2.31. The van der Waals surface area contributed by atoms with Gasteiger partial charge in [-0.05, 0) is 41.7 Å². The van der Waals surface area contributed by atoms with E-state index in [0.717, 1.165) is 35.3 Å². The molecule has 0 bridgehead atoms. The molecule has 0 radical (unpaired) electrons. The minimum atomic E-state index is -0.705. The molecule has 5 heteroatoms. The van der Waals surface area contributed by atoms with E-state index >= 15 is 0 Å². The van der Waals surface area contributed by atoms with Gasteiger partial charge in [0.1, 0.15) is 11.8 Å². The second-order valence-corrected chi connectivity index (χ2v) is 8.31. The Hall–Kier alpha value is -3.60. The van der Waals surface area contributed by atoms with Gasteiger partial charge in [-0.15, -0.1) is 0 Å². The summed E-state index contributed by atoms with van der Waals surface area (Å²) in [6.45, 7) is 3.01. The van der Waals surface area contributed by atoms with E-state index in [1.54, 1.807) is 12.0 Å². The van der Waals surface area contributed by atoms with Gasteiger partial charge in [0, 0.05) is 19.5 Å². The third-order valence-electron chi connectivity index (χ3n) is 5.81. The molecule has 0 aliphatic carbocycles. The zero-order valence-electron chi connectivity index (χ0n) is 20.1. The minimum absolute atomic E-state index is 0.0563. The number of hydrogen-bond donors (Lipinski definition) is 1. The van der Waals surface area contributed by atoms with Gasteiger partial charge in [-0.2, -0.15) is 0 Å². The molecule has 1 unspecified atom stereocenters. The zero-order chi connectivity index (χ0) is 24.2. The van der Waals surface area contributed by atoms with Crippen LogP contribution in [0, 0.1) is 0 Å². The number of unbranched alkanes of at least 4 members (excludes halogenated alkanes) is 1. The second-order valence-electron chi connectivity index (χ2n) is 8.31. The first-order chi connectivity index (χ1) is 16.6. The molecule has 0 saturated carbocycles. The zero-order valence-corrected chi connectivity index (χ0v) is 20.1. The smallest absolute Gasteiger partial charge is 0.247 e. The number of carbonyl (C=O) groups excluding carboxylic acids is 2. The number of ether oxygens (including phenoxy) is 1. The summed E-state index contributed by atoms with van der Waals surface area (Å²) in [5.74, 6) is 0.544. The Morgan fingerprint density at radius 3 is 2.15 bits per heavy atom. The average molecular weight is 459 g/mol. The van der Waals surface area contributed by atoms with Crippen molar-refractivity contribution < 1.29 is 14.3 Å².